The first kappa shape index (κ1) is 18.6. The van der Waals surface area contributed by atoms with Gasteiger partial charge in [-0.2, -0.15) is 0 Å². The molecular weight excluding hydrogens is 350 g/mol. The van der Waals surface area contributed by atoms with E-state index in [2.05, 4.69) is 5.32 Å². The summed E-state index contributed by atoms with van der Waals surface area (Å²) in [6.45, 7) is 0. The number of aliphatic hydroxyl groups is 1. The van der Waals surface area contributed by atoms with Crippen LogP contribution in [0.2, 0.25) is 0 Å². The molecule has 5 nitrogen and oxygen atoms in total. The summed E-state index contributed by atoms with van der Waals surface area (Å²) < 4.78 is 23.0. The van der Waals surface area contributed by atoms with Gasteiger partial charge in [0, 0.05) is 6.26 Å². The van der Waals surface area contributed by atoms with Crippen LogP contribution >= 0.6 is 0 Å². The number of amides is 1. The Morgan fingerprint density at radius 2 is 1.73 bits per heavy atom. The van der Waals surface area contributed by atoms with Crippen LogP contribution < -0.4 is 5.32 Å². The molecule has 2 N–H and O–H groups in total. The van der Waals surface area contributed by atoms with Crippen LogP contribution in [0.1, 0.15) is 30.0 Å². The van der Waals surface area contributed by atoms with Crippen LogP contribution in [0.25, 0.3) is 0 Å². The van der Waals surface area contributed by atoms with E-state index in [0.29, 0.717) is 12.8 Å². The van der Waals surface area contributed by atoms with Crippen molar-refractivity contribution < 1.29 is 18.3 Å². The number of hydrogen-bond acceptors (Lipinski definition) is 4. The third kappa shape index (κ3) is 4.51. The van der Waals surface area contributed by atoms with Crippen molar-refractivity contribution in [3.63, 3.8) is 0 Å². The van der Waals surface area contributed by atoms with Crippen LogP contribution in [0.5, 0.6) is 0 Å². The highest BCUT2D eigenvalue weighted by atomic mass is 32.2. The molecule has 1 amide bonds. The highest BCUT2D eigenvalue weighted by molar-refractivity contribution is 7.90. The summed E-state index contributed by atoms with van der Waals surface area (Å²) in [5.41, 5.74) is 1.79. The molecule has 1 unspecified atom stereocenters. The molecule has 1 saturated carbocycles. The van der Waals surface area contributed by atoms with Crippen molar-refractivity contribution in [3.05, 3.63) is 65.7 Å². The maximum atomic E-state index is 12.5. The fourth-order valence-corrected chi connectivity index (χ4v) is 3.93. The molecule has 0 bridgehead atoms. The van der Waals surface area contributed by atoms with E-state index >= 15 is 0 Å². The normalized spacial score (nSPS) is 20.8. The second-order valence-electron chi connectivity index (χ2n) is 6.93. The van der Waals surface area contributed by atoms with Crippen molar-refractivity contribution in [2.24, 2.45) is 5.92 Å². The Hall–Kier alpha value is -2.18. The Balaban J connectivity index is 1.68. The third-order valence-corrected chi connectivity index (χ3v) is 5.94. The summed E-state index contributed by atoms with van der Waals surface area (Å²) in [5, 5.41) is 12.7. The van der Waals surface area contributed by atoms with E-state index in [4.69, 9.17) is 0 Å². The maximum Gasteiger partial charge on any atom is 0.224 e. The molecule has 0 radical (unpaired) electrons. The Labute approximate surface area is 154 Å². The summed E-state index contributed by atoms with van der Waals surface area (Å²) in [5.74, 6) is 0.108. The van der Waals surface area contributed by atoms with Gasteiger partial charge in [-0.15, -0.1) is 0 Å². The Morgan fingerprint density at radius 3 is 2.27 bits per heavy atom. The first-order chi connectivity index (χ1) is 12.3. The minimum atomic E-state index is -3.24. The molecule has 0 aromatic heterocycles. The fraction of sp³-hybridized carbons (Fsp3) is 0.350. The van der Waals surface area contributed by atoms with Crippen molar-refractivity contribution in [3.8, 4) is 0 Å². The molecule has 6 heteroatoms. The fourth-order valence-electron chi connectivity index (χ4n) is 3.30. The minimum Gasteiger partial charge on any atom is -0.393 e. The quantitative estimate of drug-likeness (QED) is 0.814. The summed E-state index contributed by atoms with van der Waals surface area (Å²) in [4.78, 5) is 12.8. The largest absolute Gasteiger partial charge is 0.393 e. The van der Waals surface area contributed by atoms with E-state index in [1.165, 1.54) is 12.1 Å². The molecule has 2 aromatic carbocycles. The Morgan fingerprint density at radius 1 is 1.12 bits per heavy atom. The number of carbonyl (C=O) groups is 1. The van der Waals surface area contributed by atoms with Gasteiger partial charge in [-0.3, -0.25) is 4.79 Å². The number of benzene rings is 2. The molecule has 0 saturated heterocycles. The second-order valence-corrected chi connectivity index (χ2v) is 8.95. The SMILES string of the molecule is CS(=O)(=O)c1ccc(CC(=O)NC(c2ccccc2)C2CC(O)C2)cc1. The standard InChI is InChI=1S/C20H23NO4S/c1-26(24,25)18-9-7-14(8-10-18)11-19(23)21-20(16-12-17(22)13-16)15-5-3-2-4-6-15/h2-10,16-17,20,22H,11-13H2,1H3,(H,21,23). The zero-order valence-corrected chi connectivity index (χ0v) is 15.4. The van der Waals surface area contributed by atoms with Crippen molar-refractivity contribution in [1.29, 1.82) is 0 Å². The van der Waals surface area contributed by atoms with E-state index in [9.17, 15) is 18.3 Å². The van der Waals surface area contributed by atoms with E-state index in [1.54, 1.807) is 12.1 Å². The highest BCUT2D eigenvalue weighted by Crippen LogP contribution is 2.38. The molecule has 0 spiro atoms. The third-order valence-electron chi connectivity index (χ3n) is 4.81. The Kier molecular flexibility index (Phi) is 5.44. The van der Waals surface area contributed by atoms with Gasteiger partial charge in [0.15, 0.2) is 9.84 Å². The molecule has 26 heavy (non-hydrogen) atoms. The lowest BCUT2D eigenvalue weighted by atomic mass is 9.75. The van der Waals surface area contributed by atoms with Gasteiger partial charge in [-0.05, 0) is 42.0 Å². The average Bonchev–Trinajstić information content (AvgIpc) is 2.58. The highest BCUT2D eigenvalue weighted by Gasteiger charge is 2.35. The van der Waals surface area contributed by atoms with Crippen LogP contribution in [0.15, 0.2) is 59.5 Å². The number of aliphatic hydroxyl groups excluding tert-OH is 1. The van der Waals surface area contributed by atoms with Crippen molar-refractivity contribution in [2.75, 3.05) is 6.26 Å². The van der Waals surface area contributed by atoms with Gasteiger partial charge >= 0.3 is 0 Å². The first-order valence-corrected chi connectivity index (χ1v) is 10.5. The number of carbonyl (C=O) groups excluding carboxylic acids is 1. The lowest BCUT2D eigenvalue weighted by Crippen LogP contribution is -2.41. The van der Waals surface area contributed by atoms with Crippen LogP contribution in [0.3, 0.4) is 0 Å². The van der Waals surface area contributed by atoms with E-state index in [0.717, 1.165) is 17.4 Å². The van der Waals surface area contributed by atoms with Crippen LogP contribution in [0.4, 0.5) is 0 Å². The average molecular weight is 373 g/mol. The van der Waals surface area contributed by atoms with Crippen LogP contribution in [-0.2, 0) is 21.1 Å². The Bertz CT molecular complexity index is 856. The van der Waals surface area contributed by atoms with Crippen molar-refractivity contribution in [1.82, 2.24) is 5.32 Å². The van der Waals surface area contributed by atoms with Crippen LogP contribution in [0, 0.1) is 5.92 Å². The smallest absolute Gasteiger partial charge is 0.224 e. The lowest BCUT2D eigenvalue weighted by Gasteiger charge is -2.38. The molecule has 3 rings (SSSR count). The molecular formula is C20H23NO4S. The number of sulfone groups is 1. The van der Waals surface area contributed by atoms with Gasteiger partial charge in [-0.1, -0.05) is 42.5 Å². The summed E-state index contributed by atoms with van der Waals surface area (Å²) in [7, 11) is -3.24. The van der Waals surface area contributed by atoms with E-state index in [-0.39, 0.29) is 35.3 Å². The van der Waals surface area contributed by atoms with Crippen molar-refractivity contribution >= 4 is 15.7 Å². The summed E-state index contributed by atoms with van der Waals surface area (Å²) >= 11 is 0. The zero-order valence-electron chi connectivity index (χ0n) is 14.6. The molecule has 1 aliphatic rings. The summed E-state index contributed by atoms with van der Waals surface area (Å²) in [6.07, 6.45) is 2.42. The number of hydrogen-bond donors (Lipinski definition) is 2. The molecule has 1 fully saturated rings. The maximum absolute atomic E-state index is 12.5. The number of rotatable bonds is 6. The first-order valence-electron chi connectivity index (χ1n) is 8.64. The van der Waals surface area contributed by atoms with Gasteiger partial charge in [-0.25, -0.2) is 8.42 Å². The van der Waals surface area contributed by atoms with E-state index < -0.39 is 9.84 Å². The topological polar surface area (TPSA) is 83.5 Å². The second kappa shape index (κ2) is 7.60. The molecule has 138 valence electrons. The predicted molar refractivity (Wildman–Crippen MR) is 99.3 cm³/mol. The monoisotopic (exact) mass is 373 g/mol. The lowest BCUT2D eigenvalue weighted by molar-refractivity contribution is -0.122. The van der Waals surface area contributed by atoms with E-state index in [1.807, 2.05) is 30.3 Å². The van der Waals surface area contributed by atoms with Gasteiger partial charge in [0.25, 0.3) is 0 Å². The molecule has 1 aliphatic carbocycles. The number of nitrogens with one attached hydrogen (secondary N) is 1. The van der Waals surface area contributed by atoms with Crippen LogP contribution in [-0.4, -0.2) is 31.8 Å². The predicted octanol–water partition coefficient (Wildman–Crippen LogP) is 2.26. The van der Waals surface area contributed by atoms with Gasteiger partial charge < -0.3 is 10.4 Å². The molecule has 2 aromatic rings. The zero-order chi connectivity index (χ0) is 18.7. The minimum absolute atomic E-state index is 0.118. The van der Waals surface area contributed by atoms with Gasteiger partial charge in [0.2, 0.25) is 5.91 Å². The summed E-state index contributed by atoms with van der Waals surface area (Å²) in [6, 6.07) is 16.0. The van der Waals surface area contributed by atoms with Gasteiger partial charge in [0.05, 0.1) is 23.5 Å². The molecule has 0 heterocycles. The molecule has 1 atom stereocenters. The van der Waals surface area contributed by atoms with Gasteiger partial charge in [0.1, 0.15) is 0 Å². The molecule has 0 aliphatic heterocycles. The van der Waals surface area contributed by atoms with Crippen molar-refractivity contribution in [2.45, 2.75) is 36.3 Å².